The number of imidazole rings is 1. The number of halogens is 3. The molecule has 9 heteroatoms. The number of piperidine rings is 1. The van der Waals surface area contributed by atoms with Crippen LogP contribution in [0.3, 0.4) is 0 Å². The molecule has 0 unspecified atom stereocenters. The van der Waals surface area contributed by atoms with Gasteiger partial charge in [-0.3, -0.25) is 9.36 Å². The second kappa shape index (κ2) is 7.14. The lowest BCUT2D eigenvalue weighted by atomic mass is 10.1. The molecule has 1 aromatic carbocycles. The van der Waals surface area contributed by atoms with E-state index in [1.165, 1.54) is 36.8 Å². The summed E-state index contributed by atoms with van der Waals surface area (Å²) in [6.45, 7) is 1.50. The van der Waals surface area contributed by atoms with Gasteiger partial charge in [0.15, 0.2) is 5.65 Å². The van der Waals surface area contributed by atoms with E-state index in [9.17, 15) is 18.0 Å². The molecule has 0 atom stereocenters. The summed E-state index contributed by atoms with van der Waals surface area (Å²) in [7, 11) is 0. The van der Waals surface area contributed by atoms with Crippen LogP contribution in [-0.2, 0) is 0 Å². The van der Waals surface area contributed by atoms with Gasteiger partial charge < -0.3 is 9.64 Å². The van der Waals surface area contributed by atoms with Crippen molar-refractivity contribution in [2.24, 2.45) is 0 Å². The molecule has 3 aromatic rings. The van der Waals surface area contributed by atoms with Crippen LogP contribution in [0.5, 0.6) is 5.75 Å². The number of hydrogen-bond acceptors (Lipinski definition) is 4. The molecule has 4 rings (SSSR count). The van der Waals surface area contributed by atoms with Gasteiger partial charge >= 0.3 is 6.36 Å². The van der Waals surface area contributed by atoms with Crippen LogP contribution in [0.1, 0.15) is 29.6 Å². The lowest BCUT2D eigenvalue weighted by Crippen LogP contribution is -2.35. The van der Waals surface area contributed by atoms with Gasteiger partial charge in [0, 0.05) is 25.0 Å². The lowest BCUT2D eigenvalue weighted by Gasteiger charge is -2.26. The fourth-order valence-electron chi connectivity index (χ4n) is 3.30. The average Bonchev–Trinajstić information content (AvgIpc) is 3.11. The summed E-state index contributed by atoms with van der Waals surface area (Å²) in [4.78, 5) is 23.1. The monoisotopic (exact) mass is 390 g/mol. The smallest absolute Gasteiger partial charge is 0.406 e. The lowest BCUT2D eigenvalue weighted by molar-refractivity contribution is -0.274. The van der Waals surface area contributed by atoms with Crippen LogP contribution < -0.4 is 4.74 Å². The first-order valence-electron chi connectivity index (χ1n) is 8.89. The number of nitrogens with zero attached hydrogens (tertiary/aromatic N) is 4. The molecule has 0 N–H and O–H groups in total. The van der Waals surface area contributed by atoms with E-state index in [4.69, 9.17) is 0 Å². The zero-order valence-electron chi connectivity index (χ0n) is 14.8. The Morgan fingerprint density at radius 3 is 2.43 bits per heavy atom. The van der Waals surface area contributed by atoms with Crippen LogP contribution in [0.2, 0.25) is 0 Å². The molecule has 3 heterocycles. The van der Waals surface area contributed by atoms with Crippen molar-refractivity contribution in [2.45, 2.75) is 25.6 Å². The molecule has 2 aromatic heterocycles. The summed E-state index contributed by atoms with van der Waals surface area (Å²) >= 11 is 0. The predicted molar refractivity (Wildman–Crippen MR) is 95.3 cm³/mol. The van der Waals surface area contributed by atoms with Gasteiger partial charge in [-0.1, -0.05) is 0 Å². The molecule has 0 saturated carbocycles. The number of benzene rings is 1. The highest BCUT2D eigenvalue weighted by molar-refractivity contribution is 5.96. The van der Waals surface area contributed by atoms with Crippen LogP contribution in [-0.4, -0.2) is 44.8 Å². The fraction of sp³-hybridized carbons (Fsp3) is 0.316. The summed E-state index contributed by atoms with van der Waals surface area (Å²) in [5.74, 6) is -0.361. The normalized spacial score (nSPS) is 15.0. The van der Waals surface area contributed by atoms with E-state index in [0.717, 1.165) is 32.4 Å². The van der Waals surface area contributed by atoms with E-state index < -0.39 is 6.36 Å². The van der Waals surface area contributed by atoms with E-state index in [1.807, 2.05) is 4.90 Å². The maximum atomic E-state index is 12.6. The third-order valence-electron chi connectivity index (χ3n) is 4.63. The van der Waals surface area contributed by atoms with Gasteiger partial charge in [0.2, 0.25) is 0 Å². The molecule has 1 amide bonds. The Morgan fingerprint density at radius 2 is 1.75 bits per heavy atom. The zero-order chi connectivity index (χ0) is 19.7. The number of carbonyl (C=O) groups is 1. The van der Waals surface area contributed by atoms with Gasteiger partial charge in [0.25, 0.3) is 5.91 Å². The third-order valence-corrected chi connectivity index (χ3v) is 4.63. The largest absolute Gasteiger partial charge is 0.573 e. The van der Waals surface area contributed by atoms with Gasteiger partial charge in [-0.05, 0) is 49.6 Å². The van der Waals surface area contributed by atoms with Crippen LogP contribution in [0.25, 0.3) is 16.9 Å². The summed E-state index contributed by atoms with van der Waals surface area (Å²) in [6.07, 6.45) is 1.44. The van der Waals surface area contributed by atoms with E-state index in [-0.39, 0.29) is 11.7 Å². The average molecular weight is 390 g/mol. The van der Waals surface area contributed by atoms with Crippen molar-refractivity contribution >= 4 is 17.1 Å². The summed E-state index contributed by atoms with van der Waals surface area (Å²) < 4.78 is 42.4. The molecule has 0 bridgehead atoms. The third kappa shape index (κ3) is 3.78. The van der Waals surface area contributed by atoms with Gasteiger partial charge in [-0.15, -0.1) is 13.2 Å². The Labute approximate surface area is 158 Å². The predicted octanol–water partition coefficient (Wildman–Crippen LogP) is 3.95. The first kappa shape index (κ1) is 18.3. The second-order valence-corrected chi connectivity index (χ2v) is 6.58. The SMILES string of the molecule is O=C(c1cnc2c(c1)ncn2-c1ccc(OC(F)(F)F)cc1)N1CCCCC1. The molecular weight excluding hydrogens is 373 g/mol. The topological polar surface area (TPSA) is 60.3 Å². The maximum absolute atomic E-state index is 12.6. The van der Waals surface area contributed by atoms with Crippen LogP contribution in [0, 0.1) is 0 Å². The zero-order valence-corrected chi connectivity index (χ0v) is 14.8. The summed E-state index contributed by atoms with van der Waals surface area (Å²) in [5.41, 5.74) is 2.12. The molecule has 0 radical (unpaired) electrons. The highest BCUT2D eigenvalue weighted by Crippen LogP contribution is 2.25. The maximum Gasteiger partial charge on any atom is 0.573 e. The minimum Gasteiger partial charge on any atom is -0.406 e. The van der Waals surface area contributed by atoms with Crippen molar-refractivity contribution in [3.63, 3.8) is 0 Å². The number of likely N-dealkylation sites (tertiary alicyclic amines) is 1. The molecule has 0 spiro atoms. The molecule has 28 heavy (non-hydrogen) atoms. The molecule has 146 valence electrons. The quantitative estimate of drug-likeness (QED) is 0.680. The number of rotatable bonds is 3. The molecule has 1 aliphatic heterocycles. The van der Waals surface area contributed by atoms with Crippen molar-refractivity contribution < 1.29 is 22.7 Å². The van der Waals surface area contributed by atoms with E-state index in [0.29, 0.717) is 22.4 Å². The number of amides is 1. The van der Waals surface area contributed by atoms with Gasteiger partial charge in [0.05, 0.1) is 5.56 Å². The first-order valence-corrected chi connectivity index (χ1v) is 8.89. The van der Waals surface area contributed by atoms with Crippen LogP contribution in [0.15, 0.2) is 42.9 Å². The van der Waals surface area contributed by atoms with Gasteiger partial charge in [-0.25, -0.2) is 9.97 Å². The molecular formula is C19H17F3N4O2. The van der Waals surface area contributed by atoms with Gasteiger partial charge in [0.1, 0.15) is 17.6 Å². The van der Waals surface area contributed by atoms with Crippen molar-refractivity contribution in [1.82, 2.24) is 19.4 Å². The highest BCUT2D eigenvalue weighted by atomic mass is 19.4. The molecule has 1 aliphatic rings. The first-order chi connectivity index (χ1) is 13.4. The Hall–Kier alpha value is -3.10. The second-order valence-electron chi connectivity index (χ2n) is 6.58. The Balaban J connectivity index is 1.58. The minimum absolute atomic E-state index is 0.0581. The molecule has 1 saturated heterocycles. The minimum atomic E-state index is -4.73. The van der Waals surface area contributed by atoms with E-state index in [1.54, 1.807) is 10.6 Å². The molecule has 1 fully saturated rings. The Bertz CT molecular complexity index is 993. The summed E-state index contributed by atoms with van der Waals surface area (Å²) in [5, 5.41) is 0. The standard InChI is InChI=1S/C19H17F3N4O2/c20-19(21,22)28-15-6-4-14(5-7-15)26-12-24-16-10-13(11-23-17(16)26)18(27)25-8-2-1-3-9-25/h4-7,10-12H,1-3,8-9H2. The van der Waals surface area contributed by atoms with Crippen molar-refractivity contribution in [1.29, 1.82) is 0 Å². The molecule has 0 aliphatic carbocycles. The molecule has 6 nitrogen and oxygen atoms in total. The summed E-state index contributed by atoms with van der Waals surface area (Å²) in [6, 6.07) is 7.11. The Morgan fingerprint density at radius 1 is 1.04 bits per heavy atom. The van der Waals surface area contributed by atoms with Gasteiger partial charge in [-0.2, -0.15) is 0 Å². The Kier molecular flexibility index (Phi) is 4.66. The number of carbonyl (C=O) groups excluding carboxylic acids is 1. The number of alkyl halides is 3. The van der Waals surface area contributed by atoms with Crippen LogP contribution in [0.4, 0.5) is 13.2 Å². The fourth-order valence-corrected chi connectivity index (χ4v) is 3.30. The van der Waals surface area contributed by atoms with Crippen LogP contribution >= 0.6 is 0 Å². The highest BCUT2D eigenvalue weighted by Gasteiger charge is 2.31. The van der Waals surface area contributed by atoms with Crippen molar-refractivity contribution in [3.05, 3.63) is 48.4 Å². The van der Waals surface area contributed by atoms with E-state index in [2.05, 4.69) is 14.7 Å². The number of hydrogen-bond donors (Lipinski definition) is 0. The number of fused-ring (bicyclic) bond motifs is 1. The number of pyridine rings is 1. The number of ether oxygens (including phenoxy) is 1. The van der Waals surface area contributed by atoms with Crippen molar-refractivity contribution in [3.8, 4) is 11.4 Å². The van der Waals surface area contributed by atoms with E-state index >= 15 is 0 Å². The number of aromatic nitrogens is 3. The van der Waals surface area contributed by atoms with Crippen molar-refractivity contribution in [2.75, 3.05) is 13.1 Å².